The highest BCUT2D eigenvalue weighted by molar-refractivity contribution is 6.33. The van der Waals surface area contributed by atoms with E-state index in [-0.39, 0.29) is 24.1 Å². The Morgan fingerprint density at radius 3 is 2.85 bits per heavy atom. The van der Waals surface area contributed by atoms with E-state index in [1.54, 1.807) is 30.5 Å². The second kappa shape index (κ2) is 8.06. The molecule has 0 aliphatic carbocycles. The van der Waals surface area contributed by atoms with Crippen LogP contribution < -0.4 is 5.32 Å². The molecule has 6 heteroatoms. The maximum Gasteiger partial charge on any atom is 0.220 e. The first-order chi connectivity index (χ1) is 12.5. The van der Waals surface area contributed by atoms with Crippen LogP contribution in [-0.2, 0) is 11.2 Å². The second-order valence-electron chi connectivity index (χ2n) is 5.98. The number of carbonyl (C=O) groups is 1. The van der Waals surface area contributed by atoms with Crippen LogP contribution in [0.3, 0.4) is 0 Å². The Bertz CT molecular complexity index is 907. The molecule has 0 aliphatic heterocycles. The molecule has 0 aliphatic rings. The molecular weight excluding hydrogens is 352 g/mol. The first-order valence-electron chi connectivity index (χ1n) is 8.31. The van der Waals surface area contributed by atoms with Crippen molar-refractivity contribution < 1.29 is 14.3 Å². The number of phenols is 1. The van der Waals surface area contributed by atoms with Crippen molar-refractivity contribution in [2.75, 3.05) is 0 Å². The number of oxazole rings is 1. The molecule has 3 rings (SSSR count). The van der Waals surface area contributed by atoms with Crippen LogP contribution in [0.2, 0.25) is 5.02 Å². The highest BCUT2D eigenvalue weighted by atomic mass is 35.5. The van der Waals surface area contributed by atoms with E-state index in [4.69, 9.17) is 16.0 Å². The van der Waals surface area contributed by atoms with Gasteiger partial charge in [0.15, 0.2) is 11.7 Å². The number of aromatic nitrogens is 1. The van der Waals surface area contributed by atoms with Gasteiger partial charge in [-0.2, -0.15) is 0 Å². The van der Waals surface area contributed by atoms with Crippen LogP contribution in [0.4, 0.5) is 0 Å². The summed E-state index contributed by atoms with van der Waals surface area (Å²) in [5.41, 5.74) is 1.62. The number of aryl methyl sites for hydroxylation is 1. The third-order valence-electron chi connectivity index (χ3n) is 4.01. The van der Waals surface area contributed by atoms with E-state index in [1.165, 1.54) is 0 Å². The van der Waals surface area contributed by atoms with Crippen LogP contribution in [0.25, 0.3) is 11.3 Å². The Kier molecular flexibility index (Phi) is 5.58. The molecule has 26 heavy (non-hydrogen) atoms. The molecular formula is C20H19ClN2O3. The molecule has 1 atom stereocenters. The molecule has 1 amide bonds. The molecule has 0 radical (unpaired) electrons. The number of benzene rings is 2. The van der Waals surface area contributed by atoms with E-state index >= 15 is 0 Å². The van der Waals surface area contributed by atoms with Crippen LogP contribution in [0.5, 0.6) is 5.75 Å². The lowest BCUT2D eigenvalue weighted by molar-refractivity contribution is -0.121. The summed E-state index contributed by atoms with van der Waals surface area (Å²) >= 11 is 6.15. The van der Waals surface area contributed by atoms with Gasteiger partial charge < -0.3 is 14.8 Å². The molecule has 3 aromatic rings. The smallest absolute Gasteiger partial charge is 0.220 e. The fourth-order valence-electron chi connectivity index (χ4n) is 2.62. The summed E-state index contributed by atoms with van der Waals surface area (Å²) in [6, 6.07) is 14.0. The van der Waals surface area contributed by atoms with E-state index in [9.17, 15) is 9.90 Å². The summed E-state index contributed by atoms with van der Waals surface area (Å²) in [6.45, 7) is 1.87. The lowest BCUT2D eigenvalue weighted by Gasteiger charge is -2.14. The number of aromatic hydroxyl groups is 1. The molecule has 5 nitrogen and oxygen atoms in total. The number of amides is 1. The number of nitrogens with one attached hydrogen (secondary N) is 1. The van der Waals surface area contributed by atoms with E-state index in [1.807, 2.05) is 31.2 Å². The van der Waals surface area contributed by atoms with E-state index in [0.29, 0.717) is 23.1 Å². The standard InChI is InChI=1S/C20H19ClN2O3/c1-13(14-5-4-6-15(24)11-14)23-19(25)9-10-20-22-12-18(26-20)16-7-2-3-8-17(16)21/h2-8,11-13,24H,9-10H2,1H3,(H,23,25). The summed E-state index contributed by atoms with van der Waals surface area (Å²) in [5.74, 6) is 1.13. The minimum atomic E-state index is -0.196. The fraction of sp³-hybridized carbons (Fsp3) is 0.200. The van der Waals surface area contributed by atoms with Gasteiger partial charge in [-0.25, -0.2) is 4.98 Å². The third-order valence-corrected chi connectivity index (χ3v) is 4.34. The van der Waals surface area contributed by atoms with Gasteiger partial charge in [0, 0.05) is 18.4 Å². The summed E-state index contributed by atoms with van der Waals surface area (Å²) in [5, 5.41) is 13.0. The fourth-order valence-corrected chi connectivity index (χ4v) is 2.85. The van der Waals surface area contributed by atoms with Crippen LogP contribution in [-0.4, -0.2) is 16.0 Å². The molecule has 0 saturated heterocycles. The van der Waals surface area contributed by atoms with Gasteiger partial charge in [0.25, 0.3) is 0 Å². The molecule has 0 bridgehead atoms. The number of hydrogen-bond donors (Lipinski definition) is 2. The van der Waals surface area contributed by atoms with Gasteiger partial charge >= 0.3 is 0 Å². The van der Waals surface area contributed by atoms with Crippen molar-refractivity contribution in [1.82, 2.24) is 10.3 Å². The Morgan fingerprint density at radius 2 is 2.08 bits per heavy atom. The predicted molar refractivity (Wildman–Crippen MR) is 99.9 cm³/mol. The van der Waals surface area contributed by atoms with Crippen molar-refractivity contribution in [3.8, 4) is 17.1 Å². The molecule has 134 valence electrons. The summed E-state index contributed by atoms with van der Waals surface area (Å²) in [7, 11) is 0. The first kappa shape index (κ1) is 18.0. The SMILES string of the molecule is CC(NC(=O)CCc1ncc(-c2ccccc2Cl)o1)c1cccc(O)c1. The molecule has 1 heterocycles. The number of nitrogens with zero attached hydrogens (tertiary/aromatic N) is 1. The van der Waals surface area contributed by atoms with Gasteiger partial charge in [-0.05, 0) is 36.8 Å². The maximum absolute atomic E-state index is 12.2. The Labute approximate surface area is 156 Å². The van der Waals surface area contributed by atoms with Crippen LogP contribution >= 0.6 is 11.6 Å². The molecule has 1 aromatic heterocycles. The zero-order chi connectivity index (χ0) is 18.5. The van der Waals surface area contributed by atoms with Crippen molar-refractivity contribution in [1.29, 1.82) is 0 Å². The van der Waals surface area contributed by atoms with E-state index in [0.717, 1.165) is 11.1 Å². The second-order valence-corrected chi connectivity index (χ2v) is 6.39. The van der Waals surface area contributed by atoms with Gasteiger partial charge in [0.1, 0.15) is 5.75 Å². The van der Waals surface area contributed by atoms with Crippen molar-refractivity contribution in [3.05, 3.63) is 71.2 Å². The zero-order valence-corrected chi connectivity index (χ0v) is 15.0. The van der Waals surface area contributed by atoms with Gasteiger partial charge in [0.05, 0.1) is 17.3 Å². The summed E-state index contributed by atoms with van der Waals surface area (Å²) in [4.78, 5) is 16.4. The predicted octanol–water partition coefficient (Wildman–Crippen LogP) is 4.51. The number of rotatable bonds is 6. The lowest BCUT2D eigenvalue weighted by atomic mass is 10.1. The largest absolute Gasteiger partial charge is 0.508 e. The topological polar surface area (TPSA) is 75.4 Å². The molecule has 0 fully saturated rings. The van der Waals surface area contributed by atoms with Crippen LogP contribution in [0, 0.1) is 0 Å². The molecule has 2 aromatic carbocycles. The summed E-state index contributed by atoms with van der Waals surface area (Å²) in [6.07, 6.45) is 2.26. The summed E-state index contributed by atoms with van der Waals surface area (Å²) < 4.78 is 5.70. The maximum atomic E-state index is 12.2. The van der Waals surface area contributed by atoms with Crippen LogP contribution in [0.15, 0.2) is 59.1 Å². The highest BCUT2D eigenvalue weighted by Crippen LogP contribution is 2.28. The quantitative estimate of drug-likeness (QED) is 0.669. The highest BCUT2D eigenvalue weighted by Gasteiger charge is 2.13. The van der Waals surface area contributed by atoms with Crippen molar-refractivity contribution in [2.24, 2.45) is 0 Å². The molecule has 2 N–H and O–H groups in total. The van der Waals surface area contributed by atoms with Gasteiger partial charge in [0.2, 0.25) is 5.91 Å². The van der Waals surface area contributed by atoms with E-state index in [2.05, 4.69) is 10.3 Å². The average Bonchev–Trinajstić information content (AvgIpc) is 3.09. The van der Waals surface area contributed by atoms with Crippen molar-refractivity contribution >= 4 is 17.5 Å². The number of halogens is 1. The zero-order valence-electron chi connectivity index (χ0n) is 14.3. The molecule has 1 unspecified atom stereocenters. The van der Waals surface area contributed by atoms with Crippen molar-refractivity contribution in [3.63, 3.8) is 0 Å². The average molecular weight is 371 g/mol. The lowest BCUT2D eigenvalue weighted by Crippen LogP contribution is -2.26. The Hall–Kier alpha value is -2.79. The minimum absolute atomic E-state index is 0.113. The number of hydrogen-bond acceptors (Lipinski definition) is 4. The Morgan fingerprint density at radius 1 is 1.27 bits per heavy atom. The van der Waals surface area contributed by atoms with Gasteiger partial charge in [-0.3, -0.25) is 4.79 Å². The van der Waals surface area contributed by atoms with Crippen LogP contribution in [0.1, 0.15) is 30.8 Å². The van der Waals surface area contributed by atoms with Gasteiger partial charge in [-0.15, -0.1) is 0 Å². The molecule has 0 saturated carbocycles. The van der Waals surface area contributed by atoms with Gasteiger partial charge in [-0.1, -0.05) is 35.9 Å². The first-order valence-corrected chi connectivity index (χ1v) is 8.68. The Balaban J connectivity index is 1.56. The van der Waals surface area contributed by atoms with E-state index < -0.39 is 0 Å². The number of phenolic OH excluding ortho intramolecular Hbond substituents is 1. The van der Waals surface area contributed by atoms with Crippen molar-refractivity contribution in [2.45, 2.75) is 25.8 Å². The number of carbonyl (C=O) groups excluding carboxylic acids is 1. The minimum Gasteiger partial charge on any atom is -0.508 e. The molecule has 0 spiro atoms. The third kappa shape index (κ3) is 4.43. The normalized spacial score (nSPS) is 11.9. The monoisotopic (exact) mass is 370 g/mol.